The maximum absolute atomic E-state index is 13.4. The third-order valence-electron chi connectivity index (χ3n) is 5.99. The smallest absolute Gasteiger partial charge is 0.277 e. The number of carbonyl (C=O) groups is 2. The predicted octanol–water partition coefficient (Wildman–Crippen LogP) is 3.02. The fourth-order valence-corrected chi connectivity index (χ4v) is 4.37. The third-order valence-corrected chi connectivity index (χ3v) is 5.99. The summed E-state index contributed by atoms with van der Waals surface area (Å²) in [5.74, 6) is 0.344. The molecule has 2 aliphatic heterocycles. The Balaban J connectivity index is 1.57. The van der Waals surface area contributed by atoms with Crippen molar-refractivity contribution in [3.8, 4) is 5.75 Å². The van der Waals surface area contributed by atoms with Gasteiger partial charge >= 0.3 is 0 Å². The summed E-state index contributed by atoms with van der Waals surface area (Å²) >= 11 is 0. The Morgan fingerprint density at radius 1 is 0.848 bits per heavy atom. The van der Waals surface area contributed by atoms with Crippen LogP contribution in [0.1, 0.15) is 19.4 Å². The minimum atomic E-state index is -0.249. The number of hydrogen-bond acceptors (Lipinski definition) is 6. The maximum Gasteiger partial charge on any atom is 0.277 e. The summed E-state index contributed by atoms with van der Waals surface area (Å²) < 4.78 is 11.1. The SMILES string of the molecule is COc1ccccc1N1CCN(C2=C(c3ccccc3)C(=O)N(CCOC(C)C)C2=O)CC1. The van der Waals surface area contributed by atoms with Gasteiger partial charge in [-0.3, -0.25) is 14.5 Å². The standard InChI is InChI=1S/C26H31N3O4/c1-19(2)33-18-17-29-25(30)23(20-9-5-4-6-10-20)24(26(29)31)28-15-13-27(14-16-28)21-11-7-8-12-22(21)32-3/h4-12,19H,13-18H2,1-3H3. The first-order valence-corrected chi connectivity index (χ1v) is 11.4. The zero-order valence-corrected chi connectivity index (χ0v) is 19.5. The molecular formula is C26H31N3O4. The van der Waals surface area contributed by atoms with E-state index < -0.39 is 0 Å². The number of anilines is 1. The Hall–Kier alpha value is -3.32. The highest BCUT2D eigenvalue weighted by Crippen LogP contribution is 2.34. The molecule has 0 saturated carbocycles. The van der Waals surface area contributed by atoms with Gasteiger partial charge in [0.05, 0.1) is 37.6 Å². The highest BCUT2D eigenvalue weighted by atomic mass is 16.5. The molecule has 2 aromatic carbocycles. The molecule has 0 bridgehead atoms. The van der Waals surface area contributed by atoms with Crippen LogP contribution in [0.4, 0.5) is 5.69 Å². The van der Waals surface area contributed by atoms with Gasteiger partial charge in [0, 0.05) is 26.2 Å². The van der Waals surface area contributed by atoms with Crippen molar-refractivity contribution in [2.75, 3.05) is 51.3 Å². The second-order valence-corrected chi connectivity index (χ2v) is 8.42. The third kappa shape index (κ3) is 4.73. The van der Waals surface area contributed by atoms with Gasteiger partial charge in [-0.15, -0.1) is 0 Å². The summed E-state index contributed by atoms with van der Waals surface area (Å²) in [5, 5.41) is 0. The molecule has 0 radical (unpaired) electrons. The molecule has 2 aliphatic rings. The Kier molecular flexibility index (Phi) is 6.99. The van der Waals surface area contributed by atoms with Crippen LogP contribution in [0, 0.1) is 0 Å². The molecular weight excluding hydrogens is 418 g/mol. The number of benzene rings is 2. The molecule has 7 heteroatoms. The fourth-order valence-electron chi connectivity index (χ4n) is 4.37. The van der Waals surface area contributed by atoms with Crippen LogP contribution < -0.4 is 9.64 Å². The summed E-state index contributed by atoms with van der Waals surface area (Å²) in [4.78, 5) is 32.4. The minimum Gasteiger partial charge on any atom is -0.495 e. The molecule has 2 aromatic rings. The van der Waals surface area contributed by atoms with Crippen molar-refractivity contribution in [1.29, 1.82) is 0 Å². The van der Waals surface area contributed by atoms with Crippen molar-refractivity contribution >= 4 is 23.1 Å². The van der Waals surface area contributed by atoms with Crippen LogP contribution in [0.2, 0.25) is 0 Å². The van der Waals surface area contributed by atoms with Crippen LogP contribution in [0.5, 0.6) is 5.75 Å². The number of carbonyl (C=O) groups excluding carboxylic acids is 2. The Morgan fingerprint density at radius 2 is 1.48 bits per heavy atom. The lowest BCUT2D eigenvalue weighted by molar-refractivity contribution is -0.138. The Bertz CT molecular complexity index is 1030. The number of ether oxygens (including phenoxy) is 2. The summed E-state index contributed by atoms with van der Waals surface area (Å²) in [6.45, 7) is 7.18. The molecule has 0 atom stereocenters. The number of hydrogen-bond donors (Lipinski definition) is 0. The van der Waals surface area contributed by atoms with Gasteiger partial charge in [0.2, 0.25) is 0 Å². The van der Waals surface area contributed by atoms with Crippen LogP contribution in [0.3, 0.4) is 0 Å². The number of amides is 2. The van der Waals surface area contributed by atoms with Crippen LogP contribution >= 0.6 is 0 Å². The van der Waals surface area contributed by atoms with Crippen molar-refractivity contribution in [3.63, 3.8) is 0 Å². The van der Waals surface area contributed by atoms with Crippen molar-refractivity contribution in [3.05, 3.63) is 65.9 Å². The number of methoxy groups -OCH3 is 1. The number of nitrogens with zero attached hydrogens (tertiary/aromatic N) is 3. The molecule has 0 unspecified atom stereocenters. The molecule has 2 heterocycles. The highest BCUT2D eigenvalue weighted by molar-refractivity contribution is 6.35. The van der Waals surface area contributed by atoms with E-state index in [1.54, 1.807) is 7.11 Å². The van der Waals surface area contributed by atoms with E-state index in [1.165, 1.54) is 4.90 Å². The maximum atomic E-state index is 13.4. The van der Waals surface area contributed by atoms with Gasteiger partial charge in [-0.25, -0.2) is 0 Å². The largest absolute Gasteiger partial charge is 0.495 e. The average Bonchev–Trinajstić information content (AvgIpc) is 3.09. The normalized spacial score (nSPS) is 16.9. The van der Waals surface area contributed by atoms with E-state index in [9.17, 15) is 9.59 Å². The molecule has 33 heavy (non-hydrogen) atoms. The van der Waals surface area contributed by atoms with Crippen molar-refractivity contribution < 1.29 is 19.1 Å². The molecule has 0 N–H and O–H groups in total. The summed E-state index contributed by atoms with van der Waals surface area (Å²) in [5.41, 5.74) is 2.79. The number of para-hydroxylation sites is 2. The lowest BCUT2D eigenvalue weighted by Gasteiger charge is -2.38. The van der Waals surface area contributed by atoms with Crippen LogP contribution in [0.15, 0.2) is 60.3 Å². The molecule has 0 aromatic heterocycles. The predicted molar refractivity (Wildman–Crippen MR) is 128 cm³/mol. The van der Waals surface area contributed by atoms with Crippen LogP contribution in [-0.2, 0) is 14.3 Å². The monoisotopic (exact) mass is 449 g/mol. The summed E-state index contributed by atoms with van der Waals surface area (Å²) in [6.07, 6.45) is 0.0434. The molecule has 7 nitrogen and oxygen atoms in total. The minimum absolute atomic E-state index is 0.0434. The van der Waals surface area contributed by atoms with E-state index in [4.69, 9.17) is 9.47 Å². The van der Waals surface area contributed by atoms with Gasteiger partial charge in [-0.2, -0.15) is 0 Å². The van der Waals surface area contributed by atoms with Crippen molar-refractivity contribution in [2.45, 2.75) is 20.0 Å². The van der Waals surface area contributed by atoms with Gasteiger partial charge in [-0.1, -0.05) is 42.5 Å². The van der Waals surface area contributed by atoms with E-state index in [2.05, 4.69) is 9.80 Å². The van der Waals surface area contributed by atoms with E-state index in [0.29, 0.717) is 31.0 Å². The van der Waals surface area contributed by atoms with Gasteiger partial charge < -0.3 is 19.3 Å². The van der Waals surface area contributed by atoms with Crippen molar-refractivity contribution in [2.24, 2.45) is 0 Å². The second-order valence-electron chi connectivity index (χ2n) is 8.42. The van der Waals surface area contributed by atoms with Gasteiger partial charge in [0.15, 0.2) is 0 Å². The molecule has 1 saturated heterocycles. The lowest BCUT2D eigenvalue weighted by atomic mass is 10.0. The molecule has 1 fully saturated rings. The van der Waals surface area contributed by atoms with Crippen molar-refractivity contribution in [1.82, 2.24) is 9.80 Å². The van der Waals surface area contributed by atoms with E-state index >= 15 is 0 Å². The molecule has 4 rings (SSSR count). The number of imide groups is 1. The number of piperazine rings is 1. The fraction of sp³-hybridized carbons (Fsp3) is 0.385. The topological polar surface area (TPSA) is 62.3 Å². The highest BCUT2D eigenvalue weighted by Gasteiger charge is 2.42. The first kappa shape index (κ1) is 22.9. The first-order valence-electron chi connectivity index (χ1n) is 11.4. The summed E-state index contributed by atoms with van der Waals surface area (Å²) in [6, 6.07) is 17.4. The quantitative estimate of drug-likeness (QED) is 0.578. The average molecular weight is 450 g/mol. The van der Waals surface area contributed by atoms with Gasteiger partial charge in [0.25, 0.3) is 11.8 Å². The molecule has 0 spiro atoms. The Labute approximate surface area is 195 Å². The van der Waals surface area contributed by atoms with Crippen LogP contribution in [0.25, 0.3) is 5.57 Å². The zero-order valence-electron chi connectivity index (χ0n) is 19.5. The second kappa shape index (κ2) is 10.1. The first-order chi connectivity index (χ1) is 16.0. The van der Waals surface area contributed by atoms with Gasteiger partial charge in [-0.05, 0) is 31.5 Å². The van der Waals surface area contributed by atoms with E-state index in [1.807, 2.05) is 68.4 Å². The van der Waals surface area contributed by atoms with Gasteiger partial charge in [0.1, 0.15) is 11.4 Å². The van der Waals surface area contributed by atoms with Crippen LogP contribution in [-0.4, -0.2) is 74.2 Å². The van der Waals surface area contributed by atoms with E-state index in [0.717, 1.165) is 30.1 Å². The summed E-state index contributed by atoms with van der Waals surface area (Å²) in [7, 11) is 1.67. The molecule has 174 valence electrons. The molecule has 2 amide bonds. The lowest BCUT2D eigenvalue weighted by Crippen LogP contribution is -2.48. The zero-order chi connectivity index (χ0) is 23.4. The Morgan fingerprint density at radius 3 is 2.15 bits per heavy atom. The molecule has 0 aliphatic carbocycles. The number of rotatable bonds is 8. The van der Waals surface area contributed by atoms with E-state index in [-0.39, 0.29) is 24.5 Å².